The number of amides is 2. The Bertz CT molecular complexity index is 756. The molecule has 1 fully saturated rings. The summed E-state index contributed by atoms with van der Waals surface area (Å²) in [7, 11) is 0. The van der Waals surface area contributed by atoms with Gasteiger partial charge >= 0.3 is 0 Å². The van der Waals surface area contributed by atoms with Crippen LogP contribution in [-0.2, 0) is 0 Å². The van der Waals surface area contributed by atoms with Gasteiger partial charge in [-0.05, 0) is 67.4 Å². The monoisotopic (exact) mass is 339 g/mol. The van der Waals surface area contributed by atoms with Crippen molar-refractivity contribution in [2.24, 2.45) is 17.4 Å². The van der Waals surface area contributed by atoms with Gasteiger partial charge in [0.15, 0.2) is 0 Å². The Balaban J connectivity index is 1.64. The summed E-state index contributed by atoms with van der Waals surface area (Å²) in [6.45, 7) is 2.09. The van der Waals surface area contributed by atoms with E-state index in [9.17, 15) is 9.59 Å². The van der Waals surface area contributed by atoms with E-state index in [2.05, 4.69) is 0 Å². The molecular formula is C19H21N3O3. The van der Waals surface area contributed by atoms with Crippen molar-refractivity contribution in [3.05, 3.63) is 59.7 Å². The molecule has 0 bridgehead atoms. The number of likely N-dealkylation sites (tertiary alicyclic amines) is 1. The van der Waals surface area contributed by atoms with Crippen molar-refractivity contribution < 1.29 is 14.3 Å². The van der Waals surface area contributed by atoms with E-state index >= 15 is 0 Å². The molecule has 0 aromatic heterocycles. The molecule has 0 aliphatic carbocycles. The minimum atomic E-state index is -0.479. The van der Waals surface area contributed by atoms with E-state index in [1.807, 2.05) is 4.90 Å². The van der Waals surface area contributed by atoms with Crippen molar-refractivity contribution >= 4 is 11.8 Å². The van der Waals surface area contributed by atoms with Gasteiger partial charge in [-0.15, -0.1) is 0 Å². The Hall–Kier alpha value is -2.86. The Morgan fingerprint density at radius 1 is 1.00 bits per heavy atom. The first kappa shape index (κ1) is 17.0. The lowest BCUT2D eigenvalue weighted by Crippen LogP contribution is -2.29. The Kier molecular flexibility index (Phi) is 5.00. The zero-order chi connectivity index (χ0) is 17.8. The predicted octanol–water partition coefficient (Wildman–Crippen LogP) is 2.00. The molecule has 6 heteroatoms. The summed E-state index contributed by atoms with van der Waals surface area (Å²) in [5, 5.41) is 0. The summed E-state index contributed by atoms with van der Waals surface area (Å²) < 4.78 is 5.71. The maximum absolute atomic E-state index is 12.5. The van der Waals surface area contributed by atoms with Crippen molar-refractivity contribution in [1.82, 2.24) is 4.90 Å². The third-order valence-electron chi connectivity index (χ3n) is 4.38. The number of hydrogen-bond acceptors (Lipinski definition) is 4. The molecule has 0 saturated carbocycles. The van der Waals surface area contributed by atoms with Crippen molar-refractivity contribution in [2.45, 2.75) is 6.42 Å². The molecular weight excluding hydrogens is 318 g/mol. The largest absolute Gasteiger partial charge is 0.457 e. The SMILES string of the molecule is NC[C@@H]1CCN(C(=O)c2ccc(Oc3ccc(C(N)=O)cc3)cc2)C1. The fraction of sp³-hybridized carbons (Fsp3) is 0.263. The van der Waals surface area contributed by atoms with E-state index in [1.54, 1.807) is 48.5 Å². The Morgan fingerprint density at radius 3 is 2.04 bits per heavy atom. The van der Waals surface area contributed by atoms with Crippen molar-refractivity contribution in [3.63, 3.8) is 0 Å². The molecule has 25 heavy (non-hydrogen) atoms. The van der Waals surface area contributed by atoms with Crippen LogP contribution in [0.25, 0.3) is 0 Å². The van der Waals surface area contributed by atoms with Crippen LogP contribution in [0.3, 0.4) is 0 Å². The normalized spacial score (nSPS) is 16.7. The molecule has 0 radical (unpaired) electrons. The van der Waals surface area contributed by atoms with E-state index in [4.69, 9.17) is 16.2 Å². The number of hydrogen-bond donors (Lipinski definition) is 2. The van der Waals surface area contributed by atoms with Crippen LogP contribution in [0.5, 0.6) is 11.5 Å². The van der Waals surface area contributed by atoms with Gasteiger partial charge in [-0.1, -0.05) is 0 Å². The summed E-state index contributed by atoms with van der Waals surface area (Å²) >= 11 is 0. The van der Waals surface area contributed by atoms with Crippen LogP contribution in [0.15, 0.2) is 48.5 Å². The molecule has 130 valence electrons. The van der Waals surface area contributed by atoms with Crippen LogP contribution in [0.2, 0.25) is 0 Å². The van der Waals surface area contributed by atoms with Crippen LogP contribution in [-0.4, -0.2) is 36.3 Å². The van der Waals surface area contributed by atoms with Crippen LogP contribution in [0.1, 0.15) is 27.1 Å². The smallest absolute Gasteiger partial charge is 0.253 e. The van der Waals surface area contributed by atoms with Crippen LogP contribution < -0.4 is 16.2 Å². The molecule has 1 aliphatic heterocycles. The third-order valence-corrected chi connectivity index (χ3v) is 4.38. The Labute approximate surface area is 146 Å². The van der Waals surface area contributed by atoms with Crippen molar-refractivity contribution in [3.8, 4) is 11.5 Å². The number of primary amides is 1. The first-order chi connectivity index (χ1) is 12.1. The van der Waals surface area contributed by atoms with Gasteiger partial charge in [-0.25, -0.2) is 0 Å². The minimum absolute atomic E-state index is 0.0216. The zero-order valence-electron chi connectivity index (χ0n) is 13.9. The van der Waals surface area contributed by atoms with Gasteiger partial charge in [0.2, 0.25) is 5.91 Å². The zero-order valence-corrected chi connectivity index (χ0v) is 13.9. The van der Waals surface area contributed by atoms with Gasteiger partial charge in [0.25, 0.3) is 5.91 Å². The molecule has 1 saturated heterocycles. The molecule has 0 spiro atoms. The molecule has 6 nitrogen and oxygen atoms in total. The Morgan fingerprint density at radius 2 is 1.56 bits per heavy atom. The number of carbonyl (C=O) groups is 2. The fourth-order valence-corrected chi connectivity index (χ4v) is 2.88. The lowest BCUT2D eigenvalue weighted by atomic mass is 10.1. The summed E-state index contributed by atoms with van der Waals surface area (Å²) in [5.41, 5.74) is 11.9. The summed E-state index contributed by atoms with van der Waals surface area (Å²) in [5.74, 6) is 1.15. The molecule has 3 rings (SSSR count). The van der Waals surface area contributed by atoms with Gasteiger partial charge < -0.3 is 21.1 Å². The van der Waals surface area contributed by atoms with Gasteiger partial charge in [-0.2, -0.15) is 0 Å². The highest BCUT2D eigenvalue weighted by Crippen LogP contribution is 2.23. The van der Waals surface area contributed by atoms with Crippen molar-refractivity contribution in [2.75, 3.05) is 19.6 Å². The highest BCUT2D eigenvalue weighted by molar-refractivity contribution is 5.94. The van der Waals surface area contributed by atoms with E-state index in [-0.39, 0.29) is 5.91 Å². The maximum Gasteiger partial charge on any atom is 0.253 e. The molecule has 1 atom stereocenters. The molecule has 4 N–H and O–H groups in total. The van der Waals surface area contributed by atoms with E-state index in [1.165, 1.54) is 0 Å². The first-order valence-electron chi connectivity index (χ1n) is 8.24. The molecule has 2 aromatic carbocycles. The number of nitrogens with zero attached hydrogens (tertiary/aromatic N) is 1. The average Bonchev–Trinajstić information content (AvgIpc) is 3.11. The second kappa shape index (κ2) is 7.36. The van der Waals surface area contributed by atoms with Gasteiger partial charge in [0.1, 0.15) is 11.5 Å². The van der Waals surface area contributed by atoms with E-state index in [0.717, 1.165) is 19.5 Å². The highest BCUT2D eigenvalue weighted by Gasteiger charge is 2.25. The molecule has 2 amide bonds. The lowest BCUT2D eigenvalue weighted by Gasteiger charge is -2.16. The van der Waals surface area contributed by atoms with Gasteiger partial charge in [0, 0.05) is 24.2 Å². The summed E-state index contributed by atoms with van der Waals surface area (Å²) in [6, 6.07) is 13.6. The lowest BCUT2D eigenvalue weighted by molar-refractivity contribution is 0.0787. The number of ether oxygens (including phenoxy) is 1. The maximum atomic E-state index is 12.5. The van der Waals surface area contributed by atoms with Crippen LogP contribution in [0.4, 0.5) is 0 Å². The summed E-state index contributed by atoms with van der Waals surface area (Å²) in [6.07, 6.45) is 0.963. The third kappa shape index (κ3) is 3.97. The number of rotatable bonds is 5. The second-order valence-corrected chi connectivity index (χ2v) is 6.16. The minimum Gasteiger partial charge on any atom is -0.457 e. The quantitative estimate of drug-likeness (QED) is 0.870. The van der Waals surface area contributed by atoms with Crippen molar-refractivity contribution in [1.29, 1.82) is 0 Å². The standard InChI is InChI=1S/C19H21N3O3/c20-11-13-9-10-22(12-13)19(24)15-3-7-17(8-4-15)25-16-5-1-14(2-6-16)18(21)23/h1-8,13H,9-12,20H2,(H2,21,23)/t13-/m0/s1. The molecule has 1 aliphatic rings. The highest BCUT2D eigenvalue weighted by atomic mass is 16.5. The number of carbonyl (C=O) groups excluding carboxylic acids is 2. The fourth-order valence-electron chi connectivity index (χ4n) is 2.88. The van der Waals surface area contributed by atoms with Crippen LogP contribution in [0, 0.1) is 5.92 Å². The average molecular weight is 339 g/mol. The first-order valence-corrected chi connectivity index (χ1v) is 8.24. The molecule has 2 aromatic rings. The summed E-state index contributed by atoms with van der Waals surface area (Å²) in [4.78, 5) is 25.4. The van der Waals surface area contributed by atoms with Crippen LogP contribution >= 0.6 is 0 Å². The topological polar surface area (TPSA) is 98.7 Å². The van der Waals surface area contributed by atoms with E-state index < -0.39 is 5.91 Å². The second-order valence-electron chi connectivity index (χ2n) is 6.16. The van der Waals surface area contributed by atoms with Gasteiger partial charge in [0.05, 0.1) is 0 Å². The number of nitrogens with two attached hydrogens (primary N) is 2. The predicted molar refractivity (Wildman–Crippen MR) is 94.5 cm³/mol. The van der Waals surface area contributed by atoms with E-state index in [0.29, 0.717) is 35.1 Å². The molecule has 0 unspecified atom stereocenters. The van der Waals surface area contributed by atoms with Gasteiger partial charge in [-0.3, -0.25) is 9.59 Å². The molecule has 1 heterocycles. The number of benzene rings is 2.